The first-order valence-electron chi connectivity index (χ1n) is 10.0. The first-order chi connectivity index (χ1) is 12.9. The van der Waals surface area contributed by atoms with Gasteiger partial charge in [0.1, 0.15) is 12.4 Å². The fourth-order valence-electron chi connectivity index (χ4n) is 4.01. The van der Waals surface area contributed by atoms with Gasteiger partial charge in [-0.15, -0.1) is 0 Å². The maximum Gasteiger partial charge on any atom is 0.142 e. The molecule has 27 heavy (non-hydrogen) atoms. The van der Waals surface area contributed by atoms with Crippen molar-refractivity contribution in [3.8, 4) is 5.75 Å². The molecule has 0 spiro atoms. The Hall–Kier alpha value is -2.42. The zero-order chi connectivity index (χ0) is 19.0. The number of ether oxygens (including phenoxy) is 1. The minimum Gasteiger partial charge on any atom is -0.490 e. The van der Waals surface area contributed by atoms with Crippen molar-refractivity contribution in [3.63, 3.8) is 0 Å². The summed E-state index contributed by atoms with van der Waals surface area (Å²) in [5.41, 5.74) is 6.39. The molecule has 3 nitrogen and oxygen atoms in total. The second kappa shape index (κ2) is 6.95. The van der Waals surface area contributed by atoms with Crippen LogP contribution in [0.15, 0.2) is 42.5 Å². The molecular formula is C24H30N2O. The second-order valence-corrected chi connectivity index (χ2v) is 8.69. The van der Waals surface area contributed by atoms with Gasteiger partial charge in [-0.2, -0.15) is 0 Å². The van der Waals surface area contributed by atoms with Crippen molar-refractivity contribution in [1.82, 2.24) is 0 Å². The summed E-state index contributed by atoms with van der Waals surface area (Å²) in [6.07, 6.45) is 5.59. The van der Waals surface area contributed by atoms with Crippen LogP contribution in [0.4, 0.5) is 11.4 Å². The fraction of sp³-hybridized carbons (Fsp3) is 0.417. The van der Waals surface area contributed by atoms with E-state index >= 15 is 0 Å². The van der Waals surface area contributed by atoms with Gasteiger partial charge in [0.05, 0.1) is 5.69 Å². The van der Waals surface area contributed by atoms with Gasteiger partial charge >= 0.3 is 0 Å². The van der Waals surface area contributed by atoms with Crippen molar-refractivity contribution in [2.45, 2.75) is 51.5 Å². The summed E-state index contributed by atoms with van der Waals surface area (Å²) in [6, 6.07) is 13.7. The Morgan fingerprint density at radius 1 is 1.11 bits per heavy atom. The minimum absolute atomic E-state index is 0.0466. The quantitative estimate of drug-likeness (QED) is 0.722. The number of benzene rings is 2. The molecule has 0 fully saturated rings. The highest BCUT2D eigenvalue weighted by Crippen LogP contribution is 2.37. The van der Waals surface area contributed by atoms with Crippen LogP contribution in [0.5, 0.6) is 5.75 Å². The van der Waals surface area contributed by atoms with Gasteiger partial charge in [0.2, 0.25) is 0 Å². The molecule has 1 atom stereocenters. The largest absolute Gasteiger partial charge is 0.490 e. The van der Waals surface area contributed by atoms with Crippen molar-refractivity contribution in [3.05, 3.63) is 59.2 Å². The molecule has 142 valence electrons. The summed E-state index contributed by atoms with van der Waals surface area (Å²) in [7, 11) is 0. The highest BCUT2D eigenvalue weighted by molar-refractivity contribution is 5.72. The molecule has 2 N–H and O–H groups in total. The van der Waals surface area contributed by atoms with Crippen molar-refractivity contribution >= 4 is 17.5 Å². The van der Waals surface area contributed by atoms with E-state index in [2.05, 4.69) is 86.9 Å². The summed E-state index contributed by atoms with van der Waals surface area (Å²) in [5.74, 6) is 1.52. The molecule has 0 aliphatic carbocycles. The number of anilines is 2. The smallest absolute Gasteiger partial charge is 0.142 e. The average Bonchev–Trinajstić information content (AvgIpc) is 2.66. The van der Waals surface area contributed by atoms with Gasteiger partial charge in [0.15, 0.2) is 0 Å². The maximum atomic E-state index is 5.84. The van der Waals surface area contributed by atoms with E-state index in [9.17, 15) is 0 Å². The average molecular weight is 363 g/mol. The van der Waals surface area contributed by atoms with Crippen LogP contribution in [0.2, 0.25) is 0 Å². The Labute approximate surface area is 162 Å². The first-order valence-corrected chi connectivity index (χ1v) is 10.0. The zero-order valence-corrected chi connectivity index (χ0v) is 16.8. The standard InChI is InChI=1S/C24H30N2O/c1-16(2)18-6-5-17-7-9-20(26-22(17)13-18)15-24(3,4)19-8-10-21-23(14-19)27-12-11-25-21/h5-10,13-14,16,20,25-26H,11-12,15H2,1-4H3. The highest BCUT2D eigenvalue weighted by atomic mass is 16.5. The first kappa shape index (κ1) is 18.0. The number of fused-ring (bicyclic) bond motifs is 2. The molecule has 0 saturated carbocycles. The third-order valence-corrected chi connectivity index (χ3v) is 5.76. The Morgan fingerprint density at radius 2 is 1.96 bits per heavy atom. The van der Waals surface area contributed by atoms with E-state index in [1.165, 1.54) is 22.4 Å². The molecule has 0 aromatic heterocycles. The molecule has 2 aromatic rings. The number of nitrogens with one attached hydrogen (secondary N) is 2. The van der Waals surface area contributed by atoms with Crippen LogP contribution in [0.1, 0.15) is 56.7 Å². The normalized spacial score (nSPS) is 18.2. The summed E-state index contributed by atoms with van der Waals surface area (Å²) in [4.78, 5) is 0. The predicted octanol–water partition coefficient (Wildman–Crippen LogP) is 5.79. The lowest BCUT2D eigenvalue weighted by molar-refractivity contribution is 0.321. The molecule has 2 aliphatic rings. The molecule has 2 aliphatic heterocycles. The van der Waals surface area contributed by atoms with Gasteiger partial charge in [-0.05, 0) is 52.6 Å². The Morgan fingerprint density at radius 3 is 2.78 bits per heavy atom. The Bertz CT molecular complexity index is 867. The monoisotopic (exact) mass is 362 g/mol. The van der Waals surface area contributed by atoms with Crippen molar-refractivity contribution in [2.75, 3.05) is 23.8 Å². The van der Waals surface area contributed by atoms with Gasteiger partial charge in [-0.3, -0.25) is 0 Å². The number of hydrogen-bond acceptors (Lipinski definition) is 3. The lowest BCUT2D eigenvalue weighted by Gasteiger charge is -2.33. The SMILES string of the molecule is CC(C)c1ccc2c(c1)NC(CC(C)(C)c1ccc3c(c1)OCCN3)C=C2. The molecule has 1 unspecified atom stereocenters. The van der Waals surface area contributed by atoms with Crippen LogP contribution in [-0.4, -0.2) is 19.2 Å². The van der Waals surface area contributed by atoms with Gasteiger partial charge in [0.25, 0.3) is 0 Å². The molecule has 2 aromatic carbocycles. The fourth-order valence-corrected chi connectivity index (χ4v) is 4.01. The van der Waals surface area contributed by atoms with Crippen molar-refractivity contribution < 1.29 is 4.74 Å². The summed E-state index contributed by atoms with van der Waals surface area (Å²) in [5, 5.41) is 7.15. The van der Waals surface area contributed by atoms with E-state index in [0.717, 1.165) is 31.0 Å². The highest BCUT2D eigenvalue weighted by Gasteiger charge is 2.27. The molecule has 4 rings (SSSR count). The molecule has 2 heterocycles. The molecule has 0 radical (unpaired) electrons. The molecule has 0 bridgehead atoms. The van der Waals surface area contributed by atoms with E-state index in [1.807, 2.05) is 0 Å². The van der Waals surface area contributed by atoms with Gasteiger partial charge in [-0.1, -0.05) is 58.0 Å². The van der Waals surface area contributed by atoms with Gasteiger partial charge in [0, 0.05) is 18.3 Å². The second-order valence-electron chi connectivity index (χ2n) is 8.69. The molecular weight excluding hydrogens is 332 g/mol. The topological polar surface area (TPSA) is 33.3 Å². The summed E-state index contributed by atoms with van der Waals surface area (Å²) < 4.78 is 5.84. The van der Waals surface area contributed by atoms with Gasteiger partial charge in [-0.25, -0.2) is 0 Å². The lowest BCUT2D eigenvalue weighted by Crippen LogP contribution is -2.30. The Balaban J connectivity index is 1.53. The third-order valence-electron chi connectivity index (χ3n) is 5.76. The lowest BCUT2D eigenvalue weighted by atomic mass is 9.78. The Kier molecular flexibility index (Phi) is 4.63. The third kappa shape index (κ3) is 3.69. The summed E-state index contributed by atoms with van der Waals surface area (Å²) in [6.45, 7) is 10.7. The van der Waals surface area contributed by atoms with E-state index in [0.29, 0.717) is 12.0 Å². The molecule has 0 saturated heterocycles. The van der Waals surface area contributed by atoms with Crippen molar-refractivity contribution in [1.29, 1.82) is 0 Å². The number of rotatable bonds is 4. The van der Waals surface area contributed by atoms with E-state index < -0.39 is 0 Å². The van der Waals surface area contributed by atoms with E-state index in [1.54, 1.807) is 0 Å². The van der Waals surface area contributed by atoms with E-state index in [4.69, 9.17) is 4.74 Å². The van der Waals surface area contributed by atoms with Crippen LogP contribution in [0.3, 0.4) is 0 Å². The van der Waals surface area contributed by atoms with E-state index in [-0.39, 0.29) is 5.41 Å². The predicted molar refractivity (Wildman–Crippen MR) is 115 cm³/mol. The van der Waals surface area contributed by atoms with Crippen LogP contribution in [0, 0.1) is 0 Å². The molecule has 3 heteroatoms. The van der Waals surface area contributed by atoms with Crippen LogP contribution < -0.4 is 15.4 Å². The van der Waals surface area contributed by atoms with Crippen LogP contribution in [0.25, 0.3) is 6.08 Å². The van der Waals surface area contributed by atoms with Crippen molar-refractivity contribution in [2.24, 2.45) is 0 Å². The van der Waals surface area contributed by atoms with Gasteiger partial charge < -0.3 is 15.4 Å². The molecule has 0 amide bonds. The summed E-state index contributed by atoms with van der Waals surface area (Å²) >= 11 is 0. The number of hydrogen-bond donors (Lipinski definition) is 2. The maximum absolute atomic E-state index is 5.84. The minimum atomic E-state index is 0.0466. The van der Waals surface area contributed by atoms with Crippen LogP contribution >= 0.6 is 0 Å². The van der Waals surface area contributed by atoms with Crippen LogP contribution in [-0.2, 0) is 5.41 Å². The zero-order valence-electron chi connectivity index (χ0n) is 16.8.